The number of aliphatic hydroxyl groups is 3. The number of rotatable bonds is 5. The molecule has 7 nitrogen and oxygen atoms in total. The van der Waals surface area contributed by atoms with E-state index in [1.807, 2.05) is 38.3 Å². The molecule has 0 bridgehead atoms. The van der Waals surface area contributed by atoms with Crippen molar-refractivity contribution in [3.8, 4) is 0 Å². The number of esters is 1. The third-order valence-corrected chi connectivity index (χ3v) is 8.30. The van der Waals surface area contributed by atoms with E-state index in [1.54, 1.807) is 19.9 Å². The number of ketones is 1. The molecule has 37 heavy (non-hydrogen) atoms. The highest BCUT2D eigenvalue weighted by atomic mass is 32.1. The van der Waals surface area contributed by atoms with Crippen LogP contribution in [0.4, 0.5) is 0 Å². The number of aromatic nitrogens is 1. The first-order valence-electron chi connectivity index (χ1n) is 13.0. The fourth-order valence-electron chi connectivity index (χ4n) is 4.90. The molecule has 0 fully saturated rings. The second kappa shape index (κ2) is 14.1. The summed E-state index contributed by atoms with van der Waals surface area (Å²) in [6.45, 7) is 12.6. The summed E-state index contributed by atoms with van der Waals surface area (Å²) in [6.07, 6.45) is 4.72. The predicted molar refractivity (Wildman–Crippen MR) is 147 cm³/mol. The lowest BCUT2D eigenvalue weighted by atomic mass is 9.69. The molecule has 1 aliphatic rings. The van der Waals surface area contributed by atoms with Gasteiger partial charge in [0.25, 0.3) is 0 Å². The van der Waals surface area contributed by atoms with Crippen molar-refractivity contribution < 1.29 is 29.6 Å². The Hall–Kier alpha value is -2.13. The molecule has 6 atom stereocenters. The fourth-order valence-corrected chi connectivity index (χ4v) is 5.47. The minimum Gasteiger partial charge on any atom is -0.457 e. The third-order valence-electron chi connectivity index (χ3n) is 7.51. The van der Waals surface area contributed by atoms with Gasteiger partial charge in [-0.05, 0) is 69.6 Å². The van der Waals surface area contributed by atoms with Gasteiger partial charge in [0.15, 0.2) is 0 Å². The Labute approximate surface area is 225 Å². The molecule has 206 valence electrons. The van der Waals surface area contributed by atoms with E-state index in [4.69, 9.17) is 4.74 Å². The van der Waals surface area contributed by atoms with Crippen LogP contribution in [0.5, 0.6) is 0 Å². The zero-order chi connectivity index (χ0) is 27.8. The van der Waals surface area contributed by atoms with Gasteiger partial charge in [-0.3, -0.25) is 9.59 Å². The Kier molecular flexibility index (Phi) is 11.9. The second-order valence-electron chi connectivity index (χ2n) is 10.6. The minimum absolute atomic E-state index is 0.112. The average molecular weight is 534 g/mol. The summed E-state index contributed by atoms with van der Waals surface area (Å²) < 4.78 is 5.82. The SMILES string of the molecule is C=CC[C@@]1(C)C(=O)[C@H](C)[C@@H](O)[C@@H](C)CCC/C(CO)=C\C[C@@H](/C(C)=C/c2csc(C)n2)OC(=O)C[C@@H]1O. The molecule has 0 saturated carbocycles. The van der Waals surface area contributed by atoms with Gasteiger partial charge >= 0.3 is 5.97 Å². The van der Waals surface area contributed by atoms with E-state index in [0.29, 0.717) is 19.3 Å². The highest BCUT2D eigenvalue weighted by Crippen LogP contribution is 2.36. The number of hydrogen-bond donors (Lipinski definition) is 3. The molecular formula is C29H43NO6S. The van der Waals surface area contributed by atoms with Crippen molar-refractivity contribution in [2.75, 3.05) is 6.61 Å². The Balaban J connectivity index is 2.43. The van der Waals surface area contributed by atoms with E-state index < -0.39 is 35.6 Å². The highest BCUT2D eigenvalue weighted by molar-refractivity contribution is 7.09. The van der Waals surface area contributed by atoms with Gasteiger partial charge in [-0.15, -0.1) is 17.9 Å². The number of hydrogen-bond acceptors (Lipinski definition) is 8. The predicted octanol–water partition coefficient (Wildman–Crippen LogP) is 4.79. The Morgan fingerprint density at radius 2 is 2.03 bits per heavy atom. The monoisotopic (exact) mass is 533 g/mol. The van der Waals surface area contributed by atoms with E-state index in [1.165, 1.54) is 11.3 Å². The molecule has 2 heterocycles. The smallest absolute Gasteiger partial charge is 0.309 e. The Morgan fingerprint density at radius 1 is 1.32 bits per heavy atom. The summed E-state index contributed by atoms with van der Waals surface area (Å²) >= 11 is 1.53. The number of cyclic esters (lactones) is 1. The molecule has 0 aliphatic carbocycles. The summed E-state index contributed by atoms with van der Waals surface area (Å²) in [5.74, 6) is -1.82. The number of ether oxygens (including phenoxy) is 1. The van der Waals surface area contributed by atoms with Crippen molar-refractivity contribution >= 4 is 29.2 Å². The van der Waals surface area contributed by atoms with Crippen LogP contribution in [-0.2, 0) is 14.3 Å². The molecule has 1 aromatic heterocycles. The van der Waals surface area contributed by atoms with E-state index >= 15 is 0 Å². The molecule has 0 unspecified atom stereocenters. The van der Waals surface area contributed by atoms with E-state index in [0.717, 1.165) is 28.3 Å². The minimum atomic E-state index is -1.31. The molecule has 0 spiro atoms. The Morgan fingerprint density at radius 3 is 2.62 bits per heavy atom. The summed E-state index contributed by atoms with van der Waals surface area (Å²) in [7, 11) is 0. The lowest BCUT2D eigenvalue weighted by Gasteiger charge is -2.36. The molecule has 0 amide bonds. The van der Waals surface area contributed by atoms with Crippen LogP contribution in [0.15, 0.2) is 35.3 Å². The number of aryl methyl sites for hydroxylation is 1. The van der Waals surface area contributed by atoms with E-state index in [2.05, 4.69) is 11.6 Å². The van der Waals surface area contributed by atoms with Crippen LogP contribution >= 0.6 is 11.3 Å². The van der Waals surface area contributed by atoms with Crippen LogP contribution < -0.4 is 0 Å². The molecule has 0 aromatic carbocycles. The molecule has 3 N–H and O–H groups in total. The normalized spacial score (nSPS) is 32.9. The summed E-state index contributed by atoms with van der Waals surface area (Å²) in [5.41, 5.74) is 1.11. The van der Waals surface area contributed by atoms with Crippen LogP contribution in [-0.4, -0.2) is 57.0 Å². The zero-order valence-corrected chi connectivity index (χ0v) is 23.6. The third kappa shape index (κ3) is 8.43. The first kappa shape index (κ1) is 31.1. The number of thiazole rings is 1. The van der Waals surface area contributed by atoms with Crippen LogP contribution in [0.2, 0.25) is 0 Å². The summed E-state index contributed by atoms with van der Waals surface area (Å²) in [4.78, 5) is 31.0. The van der Waals surface area contributed by atoms with Crippen LogP contribution in [0.3, 0.4) is 0 Å². The zero-order valence-electron chi connectivity index (χ0n) is 22.8. The Bertz CT molecular complexity index is 998. The van der Waals surface area contributed by atoms with Gasteiger partial charge in [-0.25, -0.2) is 4.98 Å². The maximum Gasteiger partial charge on any atom is 0.309 e. The molecule has 1 aliphatic heterocycles. The molecule has 2 rings (SSSR count). The van der Waals surface area contributed by atoms with Crippen molar-refractivity contribution in [2.24, 2.45) is 17.3 Å². The van der Waals surface area contributed by atoms with E-state index in [-0.39, 0.29) is 31.1 Å². The first-order valence-corrected chi connectivity index (χ1v) is 13.9. The average Bonchev–Trinajstić information content (AvgIpc) is 3.27. The van der Waals surface area contributed by atoms with Crippen LogP contribution in [0.25, 0.3) is 6.08 Å². The number of Topliss-reactive ketones (excluding diaryl/α,β-unsaturated/α-hetero) is 1. The second-order valence-corrected chi connectivity index (χ2v) is 11.6. The molecule has 0 radical (unpaired) electrons. The summed E-state index contributed by atoms with van der Waals surface area (Å²) in [5, 5.41) is 34.8. The highest BCUT2D eigenvalue weighted by Gasteiger charge is 2.45. The number of aliphatic hydroxyl groups excluding tert-OH is 3. The van der Waals surface area contributed by atoms with E-state index in [9.17, 15) is 24.9 Å². The van der Waals surface area contributed by atoms with Gasteiger partial charge in [0, 0.05) is 17.7 Å². The fraction of sp³-hybridized carbons (Fsp3) is 0.621. The van der Waals surface area contributed by atoms with Crippen molar-refractivity contribution in [3.05, 3.63) is 46.0 Å². The van der Waals surface area contributed by atoms with Gasteiger partial charge in [-0.2, -0.15) is 0 Å². The van der Waals surface area contributed by atoms with Crippen molar-refractivity contribution in [2.45, 2.75) is 91.5 Å². The summed E-state index contributed by atoms with van der Waals surface area (Å²) in [6, 6.07) is 0. The van der Waals surface area contributed by atoms with Crippen LogP contribution in [0.1, 0.15) is 76.9 Å². The largest absolute Gasteiger partial charge is 0.457 e. The van der Waals surface area contributed by atoms with Crippen LogP contribution in [0, 0.1) is 24.2 Å². The number of nitrogens with zero attached hydrogens (tertiary/aromatic N) is 1. The van der Waals surface area contributed by atoms with Crippen molar-refractivity contribution in [1.29, 1.82) is 0 Å². The molecular weight excluding hydrogens is 490 g/mol. The molecule has 0 saturated heterocycles. The van der Waals surface area contributed by atoms with Crippen molar-refractivity contribution in [3.63, 3.8) is 0 Å². The van der Waals surface area contributed by atoms with Gasteiger partial charge in [0.1, 0.15) is 11.9 Å². The quantitative estimate of drug-likeness (QED) is 0.368. The number of allylic oxidation sites excluding steroid dienone is 1. The van der Waals surface area contributed by atoms with Gasteiger partial charge in [0.2, 0.25) is 0 Å². The number of carbonyl (C=O) groups is 2. The van der Waals surface area contributed by atoms with Gasteiger partial charge < -0.3 is 20.1 Å². The lowest BCUT2D eigenvalue weighted by Crippen LogP contribution is -2.47. The maximum absolute atomic E-state index is 13.5. The maximum atomic E-state index is 13.5. The molecule has 8 heteroatoms. The van der Waals surface area contributed by atoms with Crippen molar-refractivity contribution in [1.82, 2.24) is 4.98 Å². The lowest BCUT2D eigenvalue weighted by molar-refractivity contribution is -0.154. The standard InChI is InChI=1S/C29H43NO6S/c1-7-13-29(6)25(32)15-26(33)36-24(19(3)14-23-17-37-21(5)30-23)12-11-22(16-31)10-8-9-18(2)27(34)20(4)28(29)35/h7,11,14,17-18,20,24-25,27,31-32,34H,1,8-10,12-13,15-16H2,2-6H3/b19-14+,22-11+/t18-,20+,24-,25-,27-,29+/m0/s1. The van der Waals surface area contributed by atoms with Gasteiger partial charge in [-0.1, -0.05) is 26.0 Å². The number of carbonyl (C=O) groups excluding carboxylic acids is 2. The topological polar surface area (TPSA) is 117 Å². The molecule has 1 aromatic rings. The first-order chi connectivity index (χ1) is 17.4. The van der Waals surface area contributed by atoms with Gasteiger partial charge in [0.05, 0.1) is 41.4 Å².